The van der Waals surface area contributed by atoms with Gasteiger partial charge in [0.1, 0.15) is 6.10 Å². The Morgan fingerprint density at radius 3 is 2.92 bits per heavy atom. The SMILES string of the molecule is CN1CCCC1C(CCl)OC(=O)O. The standard InChI is InChI=1S/C8H14ClNO3/c1-10-4-2-3-6(10)7(5-9)13-8(11)12/h6-7H,2-5H2,1H3,(H,11,12). The van der Waals surface area contributed by atoms with Gasteiger partial charge in [-0.2, -0.15) is 0 Å². The molecule has 0 aromatic rings. The van der Waals surface area contributed by atoms with Crippen LogP contribution in [0.3, 0.4) is 0 Å². The number of carboxylic acid groups (broad SMARTS) is 1. The average Bonchev–Trinajstić information content (AvgIpc) is 2.47. The van der Waals surface area contributed by atoms with Crippen molar-refractivity contribution in [2.75, 3.05) is 19.5 Å². The first-order valence-corrected chi connectivity index (χ1v) is 4.84. The number of halogens is 1. The maximum atomic E-state index is 10.3. The van der Waals surface area contributed by atoms with Crippen LogP contribution in [-0.2, 0) is 4.74 Å². The molecule has 0 bridgehead atoms. The third-order valence-corrected chi connectivity index (χ3v) is 2.71. The Morgan fingerprint density at radius 2 is 2.54 bits per heavy atom. The van der Waals surface area contributed by atoms with Crippen LogP contribution < -0.4 is 0 Å². The summed E-state index contributed by atoms with van der Waals surface area (Å²) < 4.78 is 4.70. The van der Waals surface area contributed by atoms with Gasteiger partial charge in [-0.1, -0.05) is 0 Å². The van der Waals surface area contributed by atoms with Gasteiger partial charge in [0.05, 0.1) is 5.88 Å². The molecule has 1 aliphatic rings. The van der Waals surface area contributed by atoms with Crippen molar-refractivity contribution in [1.29, 1.82) is 0 Å². The number of ether oxygens (including phenoxy) is 1. The van der Waals surface area contributed by atoms with Gasteiger partial charge in [0.25, 0.3) is 0 Å². The topological polar surface area (TPSA) is 49.8 Å². The quantitative estimate of drug-likeness (QED) is 0.561. The molecule has 4 nitrogen and oxygen atoms in total. The lowest BCUT2D eigenvalue weighted by molar-refractivity contribution is 0.0284. The van der Waals surface area contributed by atoms with Gasteiger partial charge in [-0.05, 0) is 26.4 Å². The molecule has 1 fully saturated rings. The number of rotatable bonds is 3. The van der Waals surface area contributed by atoms with Crippen LogP contribution in [0.5, 0.6) is 0 Å². The lowest BCUT2D eigenvalue weighted by Gasteiger charge is -2.25. The summed E-state index contributed by atoms with van der Waals surface area (Å²) in [7, 11) is 1.96. The third-order valence-electron chi connectivity index (χ3n) is 2.41. The van der Waals surface area contributed by atoms with Crippen molar-refractivity contribution in [2.24, 2.45) is 0 Å². The Balaban J connectivity index is 2.49. The number of nitrogens with zero attached hydrogens (tertiary/aromatic N) is 1. The van der Waals surface area contributed by atoms with Crippen molar-refractivity contribution in [2.45, 2.75) is 25.0 Å². The first-order chi connectivity index (χ1) is 6.15. The predicted octanol–water partition coefficient (Wildman–Crippen LogP) is 1.38. The van der Waals surface area contributed by atoms with Gasteiger partial charge >= 0.3 is 6.16 Å². The monoisotopic (exact) mass is 207 g/mol. The molecule has 0 aromatic heterocycles. The summed E-state index contributed by atoms with van der Waals surface area (Å²) >= 11 is 5.64. The number of likely N-dealkylation sites (N-methyl/N-ethyl adjacent to an activating group) is 1. The molecule has 0 radical (unpaired) electrons. The van der Waals surface area contributed by atoms with E-state index in [1.807, 2.05) is 7.05 Å². The molecular weight excluding hydrogens is 194 g/mol. The maximum absolute atomic E-state index is 10.3. The fourth-order valence-corrected chi connectivity index (χ4v) is 2.02. The maximum Gasteiger partial charge on any atom is 0.506 e. The van der Waals surface area contributed by atoms with Crippen LogP contribution >= 0.6 is 11.6 Å². The van der Waals surface area contributed by atoms with Crippen LogP contribution in [0.2, 0.25) is 0 Å². The van der Waals surface area contributed by atoms with E-state index >= 15 is 0 Å². The molecule has 2 unspecified atom stereocenters. The summed E-state index contributed by atoms with van der Waals surface area (Å²) in [6.45, 7) is 0.987. The zero-order valence-corrected chi connectivity index (χ0v) is 8.33. The predicted molar refractivity (Wildman–Crippen MR) is 49.3 cm³/mol. The summed E-state index contributed by atoms with van der Waals surface area (Å²) in [5.74, 6) is 0.224. The van der Waals surface area contributed by atoms with E-state index in [-0.39, 0.29) is 11.9 Å². The molecule has 1 saturated heterocycles. The van der Waals surface area contributed by atoms with Crippen molar-refractivity contribution < 1.29 is 14.6 Å². The Hall–Kier alpha value is -0.480. The molecule has 1 heterocycles. The zero-order chi connectivity index (χ0) is 9.84. The van der Waals surface area contributed by atoms with E-state index < -0.39 is 12.3 Å². The Kier molecular flexibility index (Phi) is 3.81. The van der Waals surface area contributed by atoms with E-state index in [0.717, 1.165) is 19.4 Å². The molecule has 1 N–H and O–H groups in total. The summed E-state index contributed by atoms with van der Waals surface area (Å²) in [5, 5.41) is 8.46. The number of likely N-dealkylation sites (tertiary alicyclic amines) is 1. The van der Waals surface area contributed by atoms with Crippen molar-refractivity contribution >= 4 is 17.8 Å². The summed E-state index contributed by atoms with van der Waals surface area (Å²) in [6, 6.07) is 0.147. The highest BCUT2D eigenvalue weighted by atomic mass is 35.5. The largest absolute Gasteiger partial charge is 0.506 e. The number of alkyl halides is 1. The highest BCUT2D eigenvalue weighted by molar-refractivity contribution is 6.18. The minimum absolute atomic E-state index is 0.147. The van der Waals surface area contributed by atoms with Gasteiger partial charge < -0.3 is 9.84 Å². The number of hydrogen-bond acceptors (Lipinski definition) is 3. The first-order valence-electron chi connectivity index (χ1n) is 4.31. The highest BCUT2D eigenvalue weighted by Gasteiger charge is 2.31. The molecule has 1 aliphatic heterocycles. The molecule has 76 valence electrons. The van der Waals surface area contributed by atoms with E-state index in [1.54, 1.807) is 0 Å². The Morgan fingerprint density at radius 1 is 1.85 bits per heavy atom. The molecule has 1 rings (SSSR count). The fraction of sp³-hybridized carbons (Fsp3) is 0.875. The van der Waals surface area contributed by atoms with Gasteiger partial charge in [0, 0.05) is 6.04 Å². The Labute approximate surface area is 82.4 Å². The van der Waals surface area contributed by atoms with Crippen LogP contribution in [0.4, 0.5) is 4.79 Å². The van der Waals surface area contributed by atoms with Crippen molar-refractivity contribution in [3.05, 3.63) is 0 Å². The fourth-order valence-electron chi connectivity index (χ4n) is 1.75. The minimum Gasteiger partial charge on any atom is -0.450 e. The number of hydrogen-bond donors (Lipinski definition) is 1. The molecule has 5 heteroatoms. The van der Waals surface area contributed by atoms with Crippen LogP contribution in [0.1, 0.15) is 12.8 Å². The second-order valence-corrected chi connectivity index (χ2v) is 3.58. The molecule has 2 atom stereocenters. The summed E-state index contributed by atoms with van der Waals surface area (Å²) in [4.78, 5) is 12.4. The minimum atomic E-state index is -1.24. The van der Waals surface area contributed by atoms with Gasteiger partial charge in [-0.25, -0.2) is 4.79 Å². The smallest absolute Gasteiger partial charge is 0.450 e. The van der Waals surface area contributed by atoms with E-state index in [9.17, 15) is 4.79 Å². The van der Waals surface area contributed by atoms with E-state index in [2.05, 4.69) is 4.90 Å². The highest BCUT2D eigenvalue weighted by Crippen LogP contribution is 2.20. The second kappa shape index (κ2) is 4.67. The van der Waals surface area contributed by atoms with Crippen LogP contribution in [-0.4, -0.2) is 47.8 Å². The lowest BCUT2D eigenvalue weighted by atomic mass is 10.1. The van der Waals surface area contributed by atoms with Gasteiger partial charge in [0.15, 0.2) is 0 Å². The van der Waals surface area contributed by atoms with Crippen LogP contribution in [0.15, 0.2) is 0 Å². The van der Waals surface area contributed by atoms with E-state index in [0.29, 0.717) is 0 Å². The lowest BCUT2D eigenvalue weighted by Crippen LogP contribution is -2.40. The summed E-state index contributed by atoms with van der Waals surface area (Å²) in [6.07, 6.45) is 0.399. The van der Waals surface area contributed by atoms with Crippen molar-refractivity contribution in [1.82, 2.24) is 4.90 Å². The van der Waals surface area contributed by atoms with Gasteiger partial charge in [-0.15, -0.1) is 11.6 Å². The first kappa shape index (κ1) is 10.6. The van der Waals surface area contributed by atoms with E-state index in [1.165, 1.54) is 0 Å². The van der Waals surface area contributed by atoms with Gasteiger partial charge in [0.2, 0.25) is 0 Å². The zero-order valence-electron chi connectivity index (χ0n) is 7.57. The average molecular weight is 208 g/mol. The molecule has 13 heavy (non-hydrogen) atoms. The van der Waals surface area contributed by atoms with Gasteiger partial charge in [-0.3, -0.25) is 4.90 Å². The van der Waals surface area contributed by atoms with Crippen molar-refractivity contribution in [3.63, 3.8) is 0 Å². The van der Waals surface area contributed by atoms with Crippen LogP contribution in [0, 0.1) is 0 Å². The third kappa shape index (κ3) is 2.74. The number of carbonyl (C=O) groups is 1. The molecule has 0 aromatic carbocycles. The molecule has 0 saturated carbocycles. The summed E-state index contributed by atoms with van der Waals surface area (Å²) in [5.41, 5.74) is 0. The van der Waals surface area contributed by atoms with Crippen molar-refractivity contribution in [3.8, 4) is 0 Å². The molecule has 0 spiro atoms. The van der Waals surface area contributed by atoms with E-state index in [4.69, 9.17) is 21.4 Å². The Bertz CT molecular complexity index is 188. The molecule has 0 aliphatic carbocycles. The molecular formula is C8H14ClNO3. The second-order valence-electron chi connectivity index (χ2n) is 3.27. The van der Waals surface area contributed by atoms with Crippen LogP contribution in [0.25, 0.3) is 0 Å². The normalized spacial score (nSPS) is 25.8. The molecule has 0 amide bonds.